The third-order valence-electron chi connectivity index (χ3n) is 5.47. The van der Waals surface area contributed by atoms with Crippen molar-refractivity contribution in [3.05, 3.63) is 139 Å². The van der Waals surface area contributed by atoms with Crippen molar-refractivity contribution in [1.29, 1.82) is 0 Å². The highest BCUT2D eigenvalue weighted by Gasteiger charge is 2.18. The van der Waals surface area contributed by atoms with Gasteiger partial charge < -0.3 is 4.90 Å². The minimum Gasteiger partial charge on any atom is -0.310 e. The summed E-state index contributed by atoms with van der Waals surface area (Å²) in [6.07, 6.45) is 0. The molecule has 4 aromatic carbocycles. The molecule has 3 heteroatoms. The third-order valence-corrected chi connectivity index (χ3v) is 5.47. The molecule has 0 spiro atoms. The Balaban J connectivity index is 1.69. The lowest BCUT2D eigenvalue weighted by atomic mass is 10.1. The van der Waals surface area contributed by atoms with Crippen LogP contribution in [0.2, 0.25) is 0 Å². The highest BCUT2D eigenvalue weighted by atomic mass is 15.2. The van der Waals surface area contributed by atoms with Gasteiger partial charge in [0.05, 0.1) is 5.69 Å². The first kappa shape index (κ1) is 20.5. The molecule has 0 radical (unpaired) electrons. The first-order valence-corrected chi connectivity index (χ1v) is 11.1. The number of hydrogen-bond acceptors (Lipinski definition) is 3. The summed E-state index contributed by atoms with van der Waals surface area (Å²) in [7, 11) is 0. The molecule has 3 nitrogen and oxygen atoms in total. The minimum atomic E-state index is 0.874. The van der Waals surface area contributed by atoms with Crippen LogP contribution in [0, 0.1) is 6.92 Å². The minimum absolute atomic E-state index is 0.874. The lowest BCUT2D eigenvalue weighted by Gasteiger charge is -2.29. The summed E-state index contributed by atoms with van der Waals surface area (Å²) in [5, 5.41) is 0. The molecule has 0 aliphatic carbocycles. The highest BCUT2D eigenvalue weighted by Crippen LogP contribution is 2.39. The van der Waals surface area contributed by atoms with Gasteiger partial charge in [0, 0.05) is 34.5 Å². The molecule has 0 atom stereocenters. The Bertz CT molecular complexity index is 1120. The molecular weight excluding hydrogens is 402 g/mol. The van der Waals surface area contributed by atoms with E-state index in [9.17, 15) is 0 Å². The van der Waals surface area contributed by atoms with Crippen LogP contribution in [-0.4, -0.2) is 4.98 Å². The molecule has 0 fully saturated rings. The van der Waals surface area contributed by atoms with Gasteiger partial charge in [0.1, 0.15) is 5.82 Å². The van der Waals surface area contributed by atoms with Crippen molar-refractivity contribution in [3.63, 3.8) is 0 Å². The number of benzene rings is 4. The maximum atomic E-state index is 4.96. The van der Waals surface area contributed by atoms with Gasteiger partial charge in [-0.05, 0) is 61.5 Å². The zero-order valence-corrected chi connectivity index (χ0v) is 18.5. The summed E-state index contributed by atoms with van der Waals surface area (Å²) in [6.45, 7) is 2.05. The SMILES string of the molecule is Cc1cc(N(c2ccccc2)c2ccccc2)cc(N(c2ccccc2)c2ccccc2)n1. The number of nitrogens with zero attached hydrogens (tertiary/aromatic N) is 3. The fraction of sp³-hybridized carbons (Fsp3) is 0.0333. The van der Waals surface area contributed by atoms with Gasteiger partial charge >= 0.3 is 0 Å². The number of pyridine rings is 1. The van der Waals surface area contributed by atoms with Crippen molar-refractivity contribution in [2.45, 2.75) is 6.92 Å². The van der Waals surface area contributed by atoms with Crippen molar-refractivity contribution in [2.24, 2.45) is 0 Å². The normalized spacial score (nSPS) is 10.6. The number of rotatable bonds is 6. The quantitative estimate of drug-likeness (QED) is 0.271. The lowest BCUT2D eigenvalue weighted by Crippen LogP contribution is -2.15. The summed E-state index contributed by atoms with van der Waals surface area (Å²) in [5.41, 5.74) is 6.36. The van der Waals surface area contributed by atoms with Crippen LogP contribution in [0.15, 0.2) is 133 Å². The van der Waals surface area contributed by atoms with E-state index < -0.39 is 0 Å². The zero-order valence-electron chi connectivity index (χ0n) is 18.5. The van der Waals surface area contributed by atoms with Crippen LogP contribution in [0.25, 0.3) is 0 Å². The molecule has 0 bridgehead atoms. The lowest BCUT2D eigenvalue weighted by molar-refractivity contribution is 1.12. The van der Waals surface area contributed by atoms with E-state index in [2.05, 4.69) is 126 Å². The first-order chi connectivity index (χ1) is 16.3. The molecular formula is C30H25N3. The van der Waals surface area contributed by atoms with E-state index in [-0.39, 0.29) is 0 Å². The maximum Gasteiger partial charge on any atom is 0.139 e. The van der Waals surface area contributed by atoms with Gasteiger partial charge in [-0.15, -0.1) is 0 Å². The Morgan fingerprint density at radius 2 is 0.788 bits per heavy atom. The number of hydrogen-bond donors (Lipinski definition) is 0. The van der Waals surface area contributed by atoms with Gasteiger partial charge in [0.15, 0.2) is 0 Å². The van der Waals surface area contributed by atoms with Crippen molar-refractivity contribution in [3.8, 4) is 0 Å². The van der Waals surface area contributed by atoms with Gasteiger partial charge in [-0.2, -0.15) is 0 Å². The second kappa shape index (κ2) is 9.41. The number of anilines is 6. The van der Waals surface area contributed by atoms with Gasteiger partial charge in [0.2, 0.25) is 0 Å². The van der Waals surface area contributed by atoms with Crippen LogP contribution < -0.4 is 9.80 Å². The van der Waals surface area contributed by atoms with E-state index in [1.807, 2.05) is 24.3 Å². The number of aromatic nitrogens is 1. The van der Waals surface area contributed by atoms with Gasteiger partial charge in [-0.25, -0.2) is 4.98 Å². The van der Waals surface area contributed by atoms with E-state index in [1.165, 1.54) is 0 Å². The summed E-state index contributed by atoms with van der Waals surface area (Å²) >= 11 is 0. The van der Waals surface area contributed by atoms with E-state index in [4.69, 9.17) is 4.98 Å². The Hall–Kier alpha value is -4.37. The van der Waals surface area contributed by atoms with E-state index in [0.717, 1.165) is 39.9 Å². The van der Waals surface area contributed by atoms with E-state index in [0.29, 0.717) is 0 Å². The molecule has 0 aliphatic heterocycles. The average molecular weight is 428 g/mol. The van der Waals surface area contributed by atoms with Crippen LogP contribution >= 0.6 is 0 Å². The van der Waals surface area contributed by atoms with Crippen LogP contribution in [0.4, 0.5) is 34.3 Å². The highest BCUT2D eigenvalue weighted by molar-refractivity contribution is 5.81. The van der Waals surface area contributed by atoms with Crippen molar-refractivity contribution >= 4 is 34.3 Å². The van der Waals surface area contributed by atoms with Crippen LogP contribution in [0.5, 0.6) is 0 Å². The maximum absolute atomic E-state index is 4.96. The van der Waals surface area contributed by atoms with E-state index >= 15 is 0 Å². The molecule has 0 saturated carbocycles. The van der Waals surface area contributed by atoms with Gasteiger partial charge in [-0.3, -0.25) is 4.90 Å². The smallest absolute Gasteiger partial charge is 0.139 e. The molecule has 160 valence electrons. The fourth-order valence-electron chi connectivity index (χ4n) is 4.05. The van der Waals surface area contributed by atoms with Gasteiger partial charge in [-0.1, -0.05) is 72.8 Å². The molecule has 0 N–H and O–H groups in total. The standard InChI is InChI=1S/C30H25N3/c1-24-22-29(32(25-14-6-2-7-15-25)26-16-8-3-9-17-26)23-30(31-24)33(27-18-10-4-11-19-27)28-20-12-5-13-21-28/h2-23H,1H3. The summed E-state index contributed by atoms with van der Waals surface area (Å²) in [6, 6.07) is 46.0. The number of aryl methyl sites for hydroxylation is 1. The molecule has 0 amide bonds. The fourth-order valence-corrected chi connectivity index (χ4v) is 4.05. The Morgan fingerprint density at radius 1 is 0.424 bits per heavy atom. The zero-order chi connectivity index (χ0) is 22.5. The monoisotopic (exact) mass is 427 g/mol. The van der Waals surface area contributed by atoms with Crippen LogP contribution in [-0.2, 0) is 0 Å². The summed E-state index contributed by atoms with van der Waals surface area (Å²) in [4.78, 5) is 9.43. The van der Waals surface area contributed by atoms with Crippen molar-refractivity contribution in [2.75, 3.05) is 9.80 Å². The molecule has 5 rings (SSSR count). The molecule has 33 heavy (non-hydrogen) atoms. The van der Waals surface area contributed by atoms with Crippen molar-refractivity contribution < 1.29 is 0 Å². The molecule has 5 aromatic rings. The Morgan fingerprint density at radius 3 is 1.18 bits per heavy atom. The summed E-state index contributed by atoms with van der Waals surface area (Å²) in [5.74, 6) is 0.874. The average Bonchev–Trinajstić information content (AvgIpc) is 2.87. The molecule has 1 heterocycles. The Kier molecular flexibility index (Phi) is 5.85. The molecule has 0 unspecified atom stereocenters. The van der Waals surface area contributed by atoms with Crippen LogP contribution in [0.1, 0.15) is 5.69 Å². The molecule has 0 saturated heterocycles. The predicted molar refractivity (Wildman–Crippen MR) is 138 cm³/mol. The van der Waals surface area contributed by atoms with Crippen molar-refractivity contribution in [1.82, 2.24) is 4.98 Å². The Labute approximate surface area is 195 Å². The van der Waals surface area contributed by atoms with Crippen LogP contribution in [0.3, 0.4) is 0 Å². The topological polar surface area (TPSA) is 19.4 Å². The second-order valence-corrected chi connectivity index (χ2v) is 7.84. The van der Waals surface area contributed by atoms with Gasteiger partial charge in [0.25, 0.3) is 0 Å². The first-order valence-electron chi connectivity index (χ1n) is 11.1. The molecule has 1 aromatic heterocycles. The largest absolute Gasteiger partial charge is 0.310 e. The third kappa shape index (κ3) is 4.48. The number of para-hydroxylation sites is 4. The second-order valence-electron chi connectivity index (χ2n) is 7.84. The van der Waals surface area contributed by atoms with E-state index in [1.54, 1.807) is 0 Å². The molecule has 0 aliphatic rings. The predicted octanol–water partition coefficient (Wildman–Crippen LogP) is 8.33. The summed E-state index contributed by atoms with van der Waals surface area (Å²) < 4.78 is 0.